The maximum atomic E-state index is 14.1. The number of ketones is 2. The van der Waals surface area contributed by atoms with Crippen molar-refractivity contribution in [2.45, 2.75) is 0 Å². The number of methoxy groups -OCH3 is 6. The SMILES string of the molecule is COC1=Cc2ccnc3c(-c4c5cc(OC)c(OC)cc5c5c6c(ccnc46)C=C(OC)C5=O)c4cc(OC)c(OC)cc4c(c23)C1=O. The van der Waals surface area contributed by atoms with Gasteiger partial charge in [-0.15, -0.1) is 0 Å². The summed E-state index contributed by atoms with van der Waals surface area (Å²) >= 11 is 0. The molecule has 0 radical (unpaired) electrons. The van der Waals surface area contributed by atoms with Crippen molar-refractivity contribution in [2.24, 2.45) is 0 Å². The molecule has 0 fully saturated rings. The molecule has 2 aromatic heterocycles. The van der Waals surface area contributed by atoms with Gasteiger partial charge >= 0.3 is 0 Å². The molecule has 0 spiro atoms. The van der Waals surface area contributed by atoms with Crippen LogP contribution in [0, 0.1) is 0 Å². The molecule has 6 aromatic rings. The third-order valence-electron chi connectivity index (χ3n) is 9.23. The molecule has 48 heavy (non-hydrogen) atoms. The summed E-state index contributed by atoms with van der Waals surface area (Å²) in [7, 11) is 9.18. The molecule has 10 nitrogen and oxygen atoms in total. The number of hydrogen-bond donors (Lipinski definition) is 0. The number of fused-ring (bicyclic) bond motifs is 4. The fourth-order valence-electron chi connectivity index (χ4n) is 7.15. The van der Waals surface area contributed by atoms with Crippen LogP contribution in [0.2, 0.25) is 0 Å². The number of aromatic nitrogens is 2. The minimum absolute atomic E-state index is 0.212. The van der Waals surface area contributed by atoms with E-state index in [-0.39, 0.29) is 23.1 Å². The van der Waals surface area contributed by atoms with Crippen LogP contribution in [0.3, 0.4) is 0 Å². The fraction of sp³-hybridized carbons (Fsp3) is 0.158. The summed E-state index contributed by atoms with van der Waals surface area (Å²) in [5.74, 6) is 1.69. The molecular formula is C38H28N2O8. The second-order valence-electron chi connectivity index (χ2n) is 11.3. The standard InChI is InChI=1S/C38H28N2O8/c1-43-23-13-19-21(15-25(23)45-3)33-29-17(11-27(47-5)37(33)41)7-9-39-35(29)31(19)32-20-14-24(44-2)26(46-4)16-22(20)34-30-18(8-10-40-36(30)32)12-28(48-6)38(34)42/h7-16H,1-6H3. The molecule has 2 heterocycles. The smallest absolute Gasteiger partial charge is 0.228 e. The van der Waals surface area contributed by atoms with Crippen molar-refractivity contribution in [2.75, 3.05) is 42.7 Å². The second-order valence-corrected chi connectivity index (χ2v) is 11.3. The second kappa shape index (κ2) is 10.7. The number of Topliss-reactive ketones (excluding diaryl/α,β-unsaturated/α-hetero) is 2. The van der Waals surface area contributed by atoms with Crippen molar-refractivity contribution in [1.29, 1.82) is 0 Å². The summed E-state index contributed by atoms with van der Waals surface area (Å²) < 4.78 is 34.1. The van der Waals surface area contributed by atoms with E-state index in [1.54, 1.807) is 65.1 Å². The van der Waals surface area contributed by atoms with Crippen LogP contribution in [0.15, 0.2) is 60.3 Å². The Morgan fingerprint density at radius 1 is 0.458 bits per heavy atom. The Bertz CT molecular complexity index is 2340. The number of rotatable bonds is 7. The van der Waals surface area contributed by atoms with Gasteiger partial charge in [0.2, 0.25) is 11.6 Å². The van der Waals surface area contributed by atoms with Gasteiger partial charge in [0.1, 0.15) is 0 Å². The lowest BCUT2D eigenvalue weighted by atomic mass is 9.80. The molecule has 8 rings (SSSR count). The third-order valence-corrected chi connectivity index (χ3v) is 9.23. The van der Waals surface area contributed by atoms with E-state index in [2.05, 4.69) is 0 Å². The number of carbonyl (C=O) groups excluding carboxylic acids is 2. The highest BCUT2D eigenvalue weighted by molar-refractivity contribution is 6.36. The highest BCUT2D eigenvalue weighted by Gasteiger charge is 2.34. The van der Waals surface area contributed by atoms with E-state index in [9.17, 15) is 9.59 Å². The van der Waals surface area contributed by atoms with E-state index in [0.717, 1.165) is 11.1 Å². The van der Waals surface area contributed by atoms with E-state index >= 15 is 0 Å². The summed E-state index contributed by atoms with van der Waals surface area (Å²) in [6, 6.07) is 11.0. The molecule has 0 unspecified atom stereocenters. The first kappa shape index (κ1) is 29.3. The summed E-state index contributed by atoms with van der Waals surface area (Å²) in [5.41, 5.74) is 4.93. The molecule has 238 valence electrons. The molecule has 0 saturated carbocycles. The first-order valence-corrected chi connectivity index (χ1v) is 15.0. The maximum Gasteiger partial charge on any atom is 0.228 e. The zero-order chi connectivity index (χ0) is 33.4. The summed E-state index contributed by atoms with van der Waals surface area (Å²) in [6.07, 6.45) is 6.87. The topological polar surface area (TPSA) is 115 Å². The molecule has 4 aromatic carbocycles. The number of nitrogens with zero attached hydrogens (tertiary/aromatic N) is 2. The van der Waals surface area contributed by atoms with Crippen LogP contribution in [0.1, 0.15) is 31.8 Å². The summed E-state index contributed by atoms with van der Waals surface area (Å²) in [6.45, 7) is 0. The predicted molar refractivity (Wildman–Crippen MR) is 182 cm³/mol. The minimum Gasteiger partial charge on any atom is -0.493 e. The van der Waals surface area contributed by atoms with Gasteiger partial charge in [0, 0.05) is 45.4 Å². The molecule has 0 amide bonds. The van der Waals surface area contributed by atoms with Gasteiger partial charge in [-0.05, 0) is 81.2 Å². The van der Waals surface area contributed by atoms with Crippen molar-refractivity contribution in [1.82, 2.24) is 9.97 Å². The average Bonchev–Trinajstić information content (AvgIpc) is 3.12. The van der Waals surface area contributed by atoms with E-state index < -0.39 is 0 Å². The molecule has 0 N–H and O–H groups in total. The lowest BCUT2D eigenvalue weighted by Gasteiger charge is -2.25. The number of benzene rings is 4. The van der Waals surface area contributed by atoms with Gasteiger partial charge < -0.3 is 28.4 Å². The van der Waals surface area contributed by atoms with Gasteiger partial charge in [0.15, 0.2) is 34.5 Å². The lowest BCUT2D eigenvalue weighted by Crippen LogP contribution is -2.14. The third kappa shape index (κ3) is 3.80. The molecule has 2 aliphatic rings. The first-order valence-electron chi connectivity index (χ1n) is 15.0. The molecule has 0 saturated heterocycles. The highest BCUT2D eigenvalue weighted by Crippen LogP contribution is 2.52. The number of hydrogen-bond acceptors (Lipinski definition) is 10. The van der Waals surface area contributed by atoms with E-state index in [1.165, 1.54) is 14.2 Å². The zero-order valence-electron chi connectivity index (χ0n) is 26.9. The van der Waals surface area contributed by atoms with E-state index in [0.29, 0.717) is 88.6 Å². The Hall–Kier alpha value is -6.16. The summed E-state index contributed by atoms with van der Waals surface area (Å²) in [4.78, 5) is 38.0. The molecule has 10 heteroatoms. The Labute approximate surface area is 274 Å². The van der Waals surface area contributed by atoms with E-state index in [4.69, 9.17) is 38.4 Å². The van der Waals surface area contributed by atoms with Crippen LogP contribution >= 0.6 is 0 Å². The lowest BCUT2D eigenvalue weighted by molar-refractivity contribution is 0.0952. The molecule has 0 atom stereocenters. The zero-order valence-corrected chi connectivity index (χ0v) is 26.9. The van der Waals surface area contributed by atoms with Gasteiger partial charge in [-0.2, -0.15) is 0 Å². The first-order chi connectivity index (χ1) is 23.4. The van der Waals surface area contributed by atoms with Crippen LogP contribution in [0.4, 0.5) is 0 Å². The van der Waals surface area contributed by atoms with Gasteiger partial charge in [0.25, 0.3) is 0 Å². The monoisotopic (exact) mass is 640 g/mol. The largest absolute Gasteiger partial charge is 0.493 e. The van der Waals surface area contributed by atoms with Crippen molar-refractivity contribution >= 4 is 67.1 Å². The van der Waals surface area contributed by atoms with Gasteiger partial charge in [-0.3, -0.25) is 19.6 Å². The Morgan fingerprint density at radius 3 is 1.10 bits per heavy atom. The Morgan fingerprint density at radius 2 is 0.792 bits per heavy atom. The normalized spacial score (nSPS) is 13.5. The van der Waals surface area contributed by atoms with Crippen molar-refractivity contribution in [3.63, 3.8) is 0 Å². The highest BCUT2D eigenvalue weighted by atomic mass is 16.5. The molecule has 0 aliphatic heterocycles. The number of allylic oxidation sites excluding steroid dienone is 2. The van der Waals surface area contributed by atoms with E-state index in [1.807, 2.05) is 24.3 Å². The summed E-state index contributed by atoms with van der Waals surface area (Å²) in [5, 5.41) is 3.88. The van der Waals surface area contributed by atoms with Crippen LogP contribution in [-0.2, 0) is 9.47 Å². The fourth-order valence-corrected chi connectivity index (χ4v) is 7.15. The molecule has 0 bridgehead atoms. The van der Waals surface area contributed by atoms with Crippen molar-refractivity contribution < 1.29 is 38.0 Å². The maximum absolute atomic E-state index is 14.1. The van der Waals surface area contributed by atoms with Crippen molar-refractivity contribution in [3.05, 3.63) is 82.6 Å². The molecular weight excluding hydrogens is 612 g/mol. The van der Waals surface area contributed by atoms with Crippen LogP contribution < -0.4 is 18.9 Å². The van der Waals surface area contributed by atoms with Crippen molar-refractivity contribution in [3.8, 4) is 34.1 Å². The molecule has 2 aliphatic carbocycles. The minimum atomic E-state index is -0.277. The van der Waals surface area contributed by atoms with Crippen LogP contribution in [0.5, 0.6) is 23.0 Å². The van der Waals surface area contributed by atoms with Gasteiger partial charge in [0.05, 0.1) is 53.7 Å². The number of pyridine rings is 2. The number of ether oxygens (including phenoxy) is 6. The Kier molecular flexibility index (Phi) is 6.52. The van der Waals surface area contributed by atoms with Crippen LogP contribution in [0.25, 0.3) is 66.6 Å². The Balaban J connectivity index is 1.69. The number of carbonyl (C=O) groups is 2. The van der Waals surface area contributed by atoms with Gasteiger partial charge in [-0.1, -0.05) is 0 Å². The van der Waals surface area contributed by atoms with Gasteiger partial charge in [-0.25, -0.2) is 0 Å². The quantitative estimate of drug-likeness (QED) is 0.167. The van der Waals surface area contributed by atoms with Crippen LogP contribution in [-0.4, -0.2) is 64.2 Å². The average molecular weight is 641 g/mol. The predicted octanol–water partition coefficient (Wildman–Crippen LogP) is 7.16.